The third-order valence-corrected chi connectivity index (χ3v) is 4.67. The molecule has 1 rings (SSSR count). The van der Waals surface area contributed by atoms with Gasteiger partial charge in [-0.1, -0.05) is 37.3 Å². The third-order valence-electron chi connectivity index (χ3n) is 2.48. The average molecular weight is 276 g/mol. The molecule has 1 aromatic carbocycles. The van der Waals surface area contributed by atoms with Gasteiger partial charge in [0, 0.05) is 19.0 Å². The SMILES string of the molecule is CCN(CCCCl)S(=O)(=O)Cc1ccccc1. The number of rotatable bonds is 7. The summed E-state index contributed by atoms with van der Waals surface area (Å²) in [6.45, 7) is 2.83. The summed E-state index contributed by atoms with van der Waals surface area (Å²) < 4.78 is 25.7. The third kappa shape index (κ3) is 4.66. The molecule has 17 heavy (non-hydrogen) atoms. The summed E-state index contributed by atoms with van der Waals surface area (Å²) in [5.74, 6) is 0.543. The van der Waals surface area contributed by atoms with Crippen LogP contribution in [0.5, 0.6) is 0 Å². The fourth-order valence-electron chi connectivity index (χ4n) is 1.61. The lowest BCUT2D eigenvalue weighted by Crippen LogP contribution is -2.33. The van der Waals surface area contributed by atoms with E-state index < -0.39 is 10.0 Å². The summed E-state index contributed by atoms with van der Waals surface area (Å²) in [6.07, 6.45) is 0.684. The molecule has 0 aliphatic rings. The van der Waals surface area contributed by atoms with Gasteiger partial charge in [0.2, 0.25) is 10.0 Å². The van der Waals surface area contributed by atoms with E-state index in [4.69, 9.17) is 11.6 Å². The van der Waals surface area contributed by atoms with Gasteiger partial charge in [-0.25, -0.2) is 12.7 Å². The van der Waals surface area contributed by atoms with E-state index in [0.29, 0.717) is 25.4 Å². The van der Waals surface area contributed by atoms with Crippen molar-refractivity contribution in [1.82, 2.24) is 4.31 Å². The molecule has 0 aliphatic carbocycles. The molecule has 5 heteroatoms. The number of hydrogen-bond acceptors (Lipinski definition) is 2. The van der Waals surface area contributed by atoms with Crippen LogP contribution < -0.4 is 0 Å². The van der Waals surface area contributed by atoms with Crippen LogP contribution >= 0.6 is 11.6 Å². The zero-order chi connectivity index (χ0) is 12.7. The Kier molecular flexibility index (Phi) is 5.95. The molecular formula is C12H18ClNO2S. The lowest BCUT2D eigenvalue weighted by atomic mass is 10.2. The van der Waals surface area contributed by atoms with Gasteiger partial charge in [-0.15, -0.1) is 11.6 Å². The van der Waals surface area contributed by atoms with Crippen molar-refractivity contribution in [3.63, 3.8) is 0 Å². The predicted molar refractivity (Wildman–Crippen MR) is 71.6 cm³/mol. The van der Waals surface area contributed by atoms with E-state index in [2.05, 4.69) is 0 Å². The molecule has 96 valence electrons. The van der Waals surface area contributed by atoms with E-state index in [0.717, 1.165) is 5.56 Å². The molecule has 0 bridgehead atoms. The average Bonchev–Trinajstić information content (AvgIpc) is 2.30. The van der Waals surface area contributed by atoms with E-state index in [1.54, 1.807) is 0 Å². The molecule has 3 nitrogen and oxygen atoms in total. The van der Waals surface area contributed by atoms with Crippen LogP contribution in [-0.4, -0.2) is 31.7 Å². The minimum Gasteiger partial charge on any atom is -0.212 e. The van der Waals surface area contributed by atoms with Crippen molar-refractivity contribution < 1.29 is 8.42 Å². The van der Waals surface area contributed by atoms with Gasteiger partial charge in [-0.3, -0.25) is 0 Å². The summed E-state index contributed by atoms with van der Waals surface area (Å²) >= 11 is 5.59. The van der Waals surface area contributed by atoms with E-state index in [9.17, 15) is 8.42 Å². The Labute approximate surface area is 108 Å². The highest BCUT2D eigenvalue weighted by molar-refractivity contribution is 7.88. The molecule has 0 radical (unpaired) electrons. The quantitative estimate of drug-likeness (QED) is 0.717. The molecule has 0 saturated heterocycles. The van der Waals surface area contributed by atoms with Gasteiger partial charge in [-0.05, 0) is 12.0 Å². The first kappa shape index (κ1) is 14.5. The second-order valence-corrected chi connectivity index (χ2v) is 6.12. The van der Waals surface area contributed by atoms with Crippen molar-refractivity contribution in [2.45, 2.75) is 19.1 Å². The van der Waals surface area contributed by atoms with E-state index in [1.807, 2.05) is 37.3 Å². The molecule has 0 amide bonds. The molecular weight excluding hydrogens is 258 g/mol. The second-order valence-electron chi connectivity index (χ2n) is 3.78. The normalized spacial score (nSPS) is 11.9. The van der Waals surface area contributed by atoms with Crippen LogP contribution in [0.4, 0.5) is 0 Å². The first-order valence-electron chi connectivity index (χ1n) is 5.68. The van der Waals surface area contributed by atoms with Crippen LogP contribution in [0.15, 0.2) is 30.3 Å². The number of benzene rings is 1. The van der Waals surface area contributed by atoms with Crippen LogP contribution in [0, 0.1) is 0 Å². The smallest absolute Gasteiger partial charge is 0.212 e. The molecule has 0 unspecified atom stereocenters. The predicted octanol–water partition coefficient (Wildman–Crippen LogP) is 2.47. The zero-order valence-corrected chi connectivity index (χ0v) is 11.5. The van der Waals surface area contributed by atoms with Crippen molar-refractivity contribution in [2.24, 2.45) is 0 Å². The van der Waals surface area contributed by atoms with E-state index in [1.165, 1.54) is 4.31 Å². The molecule has 0 saturated carbocycles. The Morgan fingerprint density at radius 2 is 1.88 bits per heavy atom. The Balaban J connectivity index is 2.72. The van der Waals surface area contributed by atoms with Gasteiger partial charge in [0.05, 0.1) is 5.75 Å². The van der Waals surface area contributed by atoms with Crippen LogP contribution in [0.25, 0.3) is 0 Å². The molecule has 0 aliphatic heterocycles. The van der Waals surface area contributed by atoms with Crippen molar-refractivity contribution in [3.05, 3.63) is 35.9 Å². The van der Waals surface area contributed by atoms with Crippen molar-refractivity contribution in [2.75, 3.05) is 19.0 Å². The number of hydrogen-bond donors (Lipinski definition) is 0. The number of alkyl halides is 1. The van der Waals surface area contributed by atoms with Gasteiger partial charge in [-0.2, -0.15) is 0 Å². The highest BCUT2D eigenvalue weighted by Gasteiger charge is 2.20. The van der Waals surface area contributed by atoms with Crippen molar-refractivity contribution >= 4 is 21.6 Å². The van der Waals surface area contributed by atoms with E-state index >= 15 is 0 Å². The summed E-state index contributed by atoms with van der Waals surface area (Å²) in [6, 6.07) is 9.22. The Morgan fingerprint density at radius 3 is 2.41 bits per heavy atom. The van der Waals surface area contributed by atoms with Gasteiger partial charge in [0.1, 0.15) is 0 Å². The highest BCUT2D eigenvalue weighted by Crippen LogP contribution is 2.11. The van der Waals surface area contributed by atoms with Gasteiger partial charge >= 0.3 is 0 Å². The summed E-state index contributed by atoms with van der Waals surface area (Å²) in [7, 11) is -3.22. The maximum absolute atomic E-state index is 12.1. The largest absolute Gasteiger partial charge is 0.218 e. The maximum Gasteiger partial charge on any atom is 0.218 e. The Bertz CT molecular complexity index is 419. The standard InChI is InChI=1S/C12H18ClNO2S/c1-2-14(10-6-9-13)17(15,16)11-12-7-4-3-5-8-12/h3-5,7-8H,2,6,9-11H2,1H3. The summed E-state index contributed by atoms with van der Waals surface area (Å²) in [5, 5.41) is 0. The molecule has 1 aromatic rings. The molecule has 0 fully saturated rings. The Hall–Kier alpha value is -0.580. The fourth-order valence-corrected chi connectivity index (χ4v) is 3.32. The highest BCUT2D eigenvalue weighted by atomic mass is 35.5. The Morgan fingerprint density at radius 1 is 1.24 bits per heavy atom. The van der Waals surface area contributed by atoms with Crippen LogP contribution in [0.2, 0.25) is 0 Å². The molecule has 0 heterocycles. The van der Waals surface area contributed by atoms with Crippen LogP contribution in [0.1, 0.15) is 18.9 Å². The van der Waals surface area contributed by atoms with Gasteiger partial charge < -0.3 is 0 Å². The molecule has 0 atom stereocenters. The number of sulfonamides is 1. The monoisotopic (exact) mass is 275 g/mol. The lowest BCUT2D eigenvalue weighted by Gasteiger charge is -2.19. The minimum absolute atomic E-state index is 0.0595. The van der Waals surface area contributed by atoms with Crippen molar-refractivity contribution in [1.29, 1.82) is 0 Å². The number of halogens is 1. The first-order valence-corrected chi connectivity index (χ1v) is 7.82. The van der Waals surface area contributed by atoms with Crippen LogP contribution in [0.3, 0.4) is 0 Å². The van der Waals surface area contributed by atoms with Gasteiger partial charge in [0.25, 0.3) is 0 Å². The first-order chi connectivity index (χ1) is 8.10. The number of nitrogens with zero attached hydrogens (tertiary/aromatic N) is 1. The molecule has 0 aromatic heterocycles. The summed E-state index contributed by atoms with van der Waals surface area (Å²) in [5.41, 5.74) is 0.817. The molecule has 0 N–H and O–H groups in total. The minimum atomic E-state index is -3.22. The van der Waals surface area contributed by atoms with Crippen molar-refractivity contribution in [3.8, 4) is 0 Å². The van der Waals surface area contributed by atoms with E-state index in [-0.39, 0.29) is 5.75 Å². The van der Waals surface area contributed by atoms with Crippen LogP contribution in [-0.2, 0) is 15.8 Å². The summed E-state index contributed by atoms with van der Waals surface area (Å²) in [4.78, 5) is 0. The fraction of sp³-hybridized carbons (Fsp3) is 0.500. The second kappa shape index (κ2) is 6.99. The zero-order valence-electron chi connectivity index (χ0n) is 9.97. The maximum atomic E-state index is 12.1. The van der Waals surface area contributed by atoms with Gasteiger partial charge in [0.15, 0.2) is 0 Å². The topological polar surface area (TPSA) is 37.4 Å². The molecule has 0 spiro atoms. The lowest BCUT2D eigenvalue weighted by molar-refractivity contribution is 0.427.